The molecule has 17 heavy (non-hydrogen) atoms. The minimum Gasteiger partial charge on any atom is -0.464 e. The number of halogens is 2. The maximum Gasteiger partial charge on any atom is 0.356 e. The second kappa shape index (κ2) is 5.01. The summed E-state index contributed by atoms with van der Waals surface area (Å²) in [6.07, 6.45) is 0. The lowest BCUT2D eigenvalue weighted by molar-refractivity contribution is 0.0594. The maximum atomic E-state index is 11.3. The van der Waals surface area contributed by atoms with Crippen LogP contribution in [0.1, 0.15) is 10.5 Å². The van der Waals surface area contributed by atoms with Crippen molar-refractivity contribution in [2.24, 2.45) is 0 Å². The van der Waals surface area contributed by atoms with Crippen LogP contribution in [0.2, 0.25) is 0 Å². The minimum atomic E-state index is -0.435. The largest absolute Gasteiger partial charge is 0.464 e. The Balaban J connectivity index is 2.43. The van der Waals surface area contributed by atoms with Gasteiger partial charge in [0, 0.05) is 14.5 Å². The van der Waals surface area contributed by atoms with Crippen LogP contribution in [-0.2, 0) is 4.74 Å². The van der Waals surface area contributed by atoms with Gasteiger partial charge < -0.3 is 4.74 Å². The quantitative estimate of drug-likeness (QED) is 0.836. The van der Waals surface area contributed by atoms with Crippen molar-refractivity contribution in [3.8, 4) is 11.3 Å². The zero-order valence-corrected chi connectivity index (χ0v) is 12.0. The number of hydrogen-bond donors (Lipinski definition) is 1. The summed E-state index contributed by atoms with van der Waals surface area (Å²) >= 11 is 6.83. The van der Waals surface area contributed by atoms with E-state index in [0.29, 0.717) is 11.4 Å². The normalized spacial score (nSPS) is 10.3. The van der Waals surface area contributed by atoms with Gasteiger partial charge in [-0.3, -0.25) is 5.10 Å². The van der Waals surface area contributed by atoms with Crippen molar-refractivity contribution in [3.05, 3.63) is 38.9 Å². The van der Waals surface area contributed by atoms with Crippen LogP contribution in [0.15, 0.2) is 33.2 Å². The van der Waals surface area contributed by atoms with Gasteiger partial charge in [-0.05, 0) is 24.3 Å². The van der Waals surface area contributed by atoms with Gasteiger partial charge in [-0.25, -0.2) is 4.79 Å². The van der Waals surface area contributed by atoms with Gasteiger partial charge in [-0.2, -0.15) is 5.10 Å². The molecule has 1 aromatic heterocycles. The van der Waals surface area contributed by atoms with Crippen molar-refractivity contribution >= 4 is 37.8 Å². The van der Waals surface area contributed by atoms with E-state index in [1.165, 1.54) is 7.11 Å². The number of esters is 1. The molecule has 0 radical (unpaired) electrons. The van der Waals surface area contributed by atoms with Gasteiger partial charge in [-0.15, -0.1) is 0 Å². The van der Waals surface area contributed by atoms with E-state index in [-0.39, 0.29) is 0 Å². The minimum absolute atomic E-state index is 0.328. The summed E-state index contributed by atoms with van der Waals surface area (Å²) in [6, 6.07) is 7.40. The third-order valence-corrected chi connectivity index (χ3v) is 3.37. The number of nitrogens with one attached hydrogen (secondary N) is 1. The van der Waals surface area contributed by atoms with Crippen LogP contribution >= 0.6 is 31.9 Å². The summed E-state index contributed by atoms with van der Waals surface area (Å²) in [4.78, 5) is 11.3. The highest BCUT2D eigenvalue weighted by Crippen LogP contribution is 2.30. The van der Waals surface area contributed by atoms with Crippen LogP contribution < -0.4 is 0 Å². The van der Waals surface area contributed by atoms with Gasteiger partial charge >= 0.3 is 5.97 Å². The van der Waals surface area contributed by atoms with E-state index in [4.69, 9.17) is 0 Å². The lowest BCUT2D eigenvalue weighted by atomic mass is 10.1. The number of nitrogens with zero attached hydrogens (tertiary/aromatic N) is 1. The van der Waals surface area contributed by atoms with Crippen molar-refractivity contribution in [2.45, 2.75) is 0 Å². The molecule has 1 aromatic carbocycles. The molecule has 0 saturated carbocycles. The number of hydrogen-bond acceptors (Lipinski definition) is 3. The number of rotatable bonds is 2. The van der Waals surface area contributed by atoms with E-state index < -0.39 is 5.97 Å². The van der Waals surface area contributed by atoms with Gasteiger partial charge in [-0.1, -0.05) is 31.9 Å². The van der Waals surface area contributed by atoms with Crippen LogP contribution in [0.25, 0.3) is 11.3 Å². The summed E-state index contributed by atoms with van der Waals surface area (Å²) in [5.74, 6) is -0.435. The molecular weight excluding hydrogens is 352 g/mol. The molecule has 0 spiro atoms. The Morgan fingerprint density at radius 2 is 2.12 bits per heavy atom. The lowest BCUT2D eigenvalue weighted by Crippen LogP contribution is -2.00. The van der Waals surface area contributed by atoms with Crippen LogP contribution in [0.4, 0.5) is 0 Å². The third-order valence-electron chi connectivity index (χ3n) is 2.19. The van der Waals surface area contributed by atoms with Crippen LogP contribution in [-0.4, -0.2) is 23.3 Å². The van der Waals surface area contributed by atoms with Crippen LogP contribution in [0.3, 0.4) is 0 Å². The molecule has 0 aliphatic carbocycles. The second-order valence-corrected chi connectivity index (χ2v) is 5.05. The SMILES string of the molecule is COC(=O)c1cc(-c2cc(Br)ccc2Br)n[nH]1. The summed E-state index contributed by atoms with van der Waals surface area (Å²) in [6.45, 7) is 0. The maximum absolute atomic E-state index is 11.3. The Kier molecular flexibility index (Phi) is 3.63. The first kappa shape index (κ1) is 12.3. The first-order valence-electron chi connectivity index (χ1n) is 4.71. The highest BCUT2D eigenvalue weighted by Gasteiger charge is 2.12. The molecular formula is C11H8Br2N2O2. The summed E-state index contributed by atoms with van der Waals surface area (Å²) < 4.78 is 6.46. The van der Waals surface area contributed by atoms with E-state index in [9.17, 15) is 4.79 Å². The molecule has 6 heteroatoms. The summed E-state index contributed by atoms with van der Waals surface area (Å²) in [5, 5.41) is 6.72. The molecule has 1 N–H and O–H groups in total. The van der Waals surface area contributed by atoms with E-state index >= 15 is 0 Å². The van der Waals surface area contributed by atoms with E-state index in [0.717, 1.165) is 14.5 Å². The van der Waals surface area contributed by atoms with Crippen LogP contribution in [0, 0.1) is 0 Å². The molecule has 0 bridgehead atoms. The highest BCUT2D eigenvalue weighted by molar-refractivity contribution is 9.11. The first-order valence-corrected chi connectivity index (χ1v) is 6.29. The van der Waals surface area contributed by atoms with E-state index in [1.807, 2.05) is 18.2 Å². The molecule has 2 rings (SSSR count). The number of carbonyl (C=O) groups is 1. The summed E-state index contributed by atoms with van der Waals surface area (Å²) in [5.41, 5.74) is 1.90. The zero-order valence-electron chi connectivity index (χ0n) is 8.83. The van der Waals surface area contributed by atoms with E-state index in [1.54, 1.807) is 6.07 Å². The van der Waals surface area contributed by atoms with E-state index in [2.05, 4.69) is 46.8 Å². The van der Waals surface area contributed by atoms with Crippen molar-refractivity contribution in [3.63, 3.8) is 0 Å². The predicted octanol–water partition coefficient (Wildman–Crippen LogP) is 3.39. The smallest absolute Gasteiger partial charge is 0.356 e. The fourth-order valence-corrected chi connectivity index (χ4v) is 2.18. The number of methoxy groups -OCH3 is 1. The molecule has 4 nitrogen and oxygen atoms in total. The number of benzene rings is 1. The molecule has 0 fully saturated rings. The Bertz CT molecular complexity index is 566. The monoisotopic (exact) mass is 358 g/mol. The number of aromatic amines is 1. The zero-order chi connectivity index (χ0) is 12.4. The third kappa shape index (κ3) is 2.58. The molecule has 0 aliphatic rings. The standard InChI is InChI=1S/C11H8Br2N2O2/c1-17-11(16)10-5-9(14-15-10)7-4-6(12)2-3-8(7)13/h2-5H,1H3,(H,14,15). The molecule has 0 atom stereocenters. The average molecular weight is 360 g/mol. The number of H-pyrrole nitrogens is 1. The molecule has 0 amide bonds. The Labute approximate surface area is 115 Å². The van der Waals surface area contributed by atoms with Gasteiger partial charge in [0.2, 0.25) is 0 Å². The number of aromatic nitrogens is 2. The number of carbonyl (C=O) groups excluding carboxylic acids is 1. The number of ether oxygens (including phenoxy) is 1. The first-order chi connectivity index (χ1) is 8.11. The van der Waals surface area contributed by atoms with Gasteiger partial charge in [0.15, 0.2) is 0 Å². The summed E-state index contributed by atoms with van der Waals surface area (Å²) in [7, 11) is 1.33. The van der Waals surface area contributed by atoms with Gasteiger partial charge in [0.25, 0.3) is 0 Å². The van der Waals surface area contributed by atoms with Crippen LogP contribution in [0.5, 0.6) is 0 Å². The fraction of sp³-hybridized carbons (Fsp3) is 0.0909. The van der Waals surface area contributed by atoms with Gasteiger partial charge in [0.1, 0.15) is 5.69 Å². The Morgan fingerprint density at radius 1 is 1.35 bits per heavy atom. The Morgan fingerprint density at radius 3 is 2.82 bits per heavy atom. The molecule has 0 unspecified atom stereocenters. The predicted molar refractivity (Wildman–Crippen MR) is 70.8 cm³/mol. The molecule has 2 aromatic rings. The van der Waals surface area contributed by atoms with Crippen molar-refractivity contribution in [1.82, 2.24) is 10.2 Å². The topological polar surface area (TPSA) is 55.0 Å². The van der Waals surface area contributed by atoms with Crippen molar-refractivity contribution in [2.75, 3.05) is 7.11 Å². The highest BCUT2D eigenvalue weighted by atomic mass is 79.9. The average Bonchev–Trinajstić information content (AvgIpc) is 2.80. The second-order valence-electron chi connectivity index (χ2n) is 3.28. The Hall–Kier alpha value is -1.14. The van der Waals surface area contributed by atoms with Gasteiger partial charge in [0.05, 0.1) is 12.8 Å². The van der Waals surface area contributed by atoms with Crippen molar-refractivity contribution < 1.29 is 9.53 Å². The molecule has 0 saturated heterocycles. The molecule has 0 aliphatic heterocycles. The fourth-order valence-electron chi connectivity index (χ4n) is 1.37. The lowest BCUT2D eigenvalue weighted by Gasteiger charge is -2.00. The molecule has 88 valence electrons. The molecule has 1 heterocycles. The van der Waals surface area contributed by atoms with Crippen molar-refractivity contribution in [1.29, 1.82) is 0 Å².